The quantitative estimate of drug-likeness (QED) is 0.896. The molecule has 2 fully saturated rings. The van der Waals surface area contributed by atoms with Crippen molar-refractivity contribution in [3.05, 3.63) is 35.6 Å². The molecule has 1 aliphatic heterocycles. The summed E-state index contributed by atoms with van der Waals surface area (Å²) in [4.78, 5) is 0. The van der Waals surface area contributed by atoms with E-state index in [1.807, 2.05) is 0 Å². The van der Waals surface area contributed by atoms with Crippen LogP contribution in [0.4, 0.5) is 4.39 Å². The zero-order valence-corrected chi connectivity index (χ0v) is 12.9. The van der Waals surface area contributed by atoms with Crippen molar-refractivity contribution < 1.29 is 14.2 Å². The molecule has 1 aliphatic carbocycles. The lowest BCUT2D eigenvalue weighted by molar-refractivity contribution is -0.117. The van der Waals surface area contributed by atoms with Crippen LogP contribution in [0.1, 0.15) is 32.8 Å². The molecule has 2 N–H and O–H groups in total. The molecule has 2 aliphatic rings. The Labute approximate surface area is 125 Å². The summed E-state index contributed by atoms with van der Waals surface area (Å²) < 4.78 is 18.8. The van der Waals surface area contributed by atoms with Crippen LogP contribution in [0.25, 0.3) is 0 Å². The van der Waals surface area contributed by atoms with E-state index in [-0.39, 0.29) is 11.2 Å². The number of hydrogen-bond donors (Lipinski definition) is 2. The number of fused-ring (bicyclic) bond motifs is 1. The maximum atomic E-state index is 13.0. The lowest BCUT2D eigenvalue weighted by Gasteiger charge is -2.55. The van der Waals surface area contributed by atoms with Crippen molar-refractivity contribution in [1.82, 2.24) is 5.32 Å². The van der Waals surface area contributed by atoms with Crippen LogP contribution in [0.5, 0.6) is 0 Å². The van der Waals surface area contributed by atoms with E-state index in [1.54, 1.807) is 19.1 Å². The highest BCUT2D eigenvalue weighted by Crippen LogP contribution is 2.52. The van der Waals surface area contributed by atoms with E-state index in [0.717, 1.165) is 18.6 Å². The van der Waals surface area contributed by atoms with Crippen molar-refractivity contribution in [3.63, 3.8) is 0 Å². The number of halogens is 1. The van der Waals surface area contributed by atoms with Gasteiger partial charge in [-0.1, -0.05) is 26.0 Å². The Morgan fingerprint density at radius 3 is 2.71 bits per heavy atom. The molecule has 4 unspecified atom stereocenters. The minimum atomic E-state index is -1.01. The van der Waals surface area contributed by atoms with Crippen LogP contribution in [-0.2, 0) is 10.3 Å². The molecule has 0 aromatic heterocycles. The number of nitrogens with one attached hydrogen (secondary N) is 1. The van der Waals surface area contributed by atoms with Crippen molar-refractivity contribution in [2.75, 3.05) is 13.2 Å². The SMILES string of the molecule is CC(O)(CNC1C2CCOC2C1(C)C)c1ccc(F)cc1. The molecular formula is C17H24FNO2. The Morgan fingerprint density at radius 2 is 2.05 bits per heavy atom. The zero-order valence-electron chi connectivity index (χ0n) is 12.9. The molecule has 0 amide bonds. The molecule has 0 spiro atoms. The monoisotopic (exact) mass is 293 g/mol. The van der Waals surface area contributed by atoms with Crippen molar-refractivity contribution in [2.45, 2.75) is 44.9 Å². The highest BCUT2D eigenvalue weighted by atomic mass is 19.1. The molecular weight excluding hydrogens is 269 g/mol. The lowest BCUT2D eigenvalue weighted by atomic mass is 9.57. The second-order valence-electron chi connectivity index (χ2n) is 7.20. The van der Waals surface area contributed by atoms with Crippen LogP contribution < -0.4 is 5.32 Å². The zero-order chi connectivity index (χ0) is 15.3. The van der Waals surface area contributed by atoms with E-state index in [0.29, 0.717) is 24.6 Å². The molecule has 21 heavy (non-hydrogen) atoms. The summed E-state index contributed by atoms with van der Waals surface area (Å²) in [5.41, 5.74) is -0.179. The number of aliphatic hydroxyl groups is 1. The highest BCUT2D eigenvalue weighted by molar-refractivity contribution is 5.23. The number of hydrogen-bond acceptors (Lipinski definition) is 3. The molecule has 3 nitrogen and oxygen atoms in total. The second-order valence-corrected chi connectivity index (χ2v) is 7.20. The summed E-state index contributed by atoms with van der Waals surface area (Å²) in [6.45, 7) is 7.48. The Kier molecular flexibility index (Phi) is 3.59. The van der Waals surface area contributed by atoms with E-state index >= 15 is 0 Å². The molecule has 4 heteroatoms. The Morgan fingerprint density at radius 1 is 1.38 bits per heavy atom. The van der Waals surface area contributed by atoms with Crippen LogP contribution in [0.3, 0.4) is 0 Å². The molecule has 4 atom stereocenters. The van der Waals surface area contributed by atoms with E-state index in [1.165, 1.54) is 12.1 Å². The van der Waals surface area contributed by atoms with Gasteiger partial charge in [0, 0.05) is 30.5 Å². The maximum absolute atomic E-state index is 13.0. The van der Waals surface area contributed by atoms with Crippen LogP contribution in [0.2, 0.25) is 0 Å². The van der Waals surface area contributed by atoms with Gasteiger partial charge in [-0.3, -0.25) is 0 Å². The van der Waals surface area contributed by atoms with Crippen molar-refractivity contribution in [3.8, 4) is 0 Å². The fourth-order valence-corrected chi connectivity index (χ4v) is 3.96. The van der Waals surface area contributed by atoms with E-state index in [9.17, 15) is 9.50 Å². The smallest absolute Gasteiger partial charge is 0.123 e. The van der Waals surface area contributed by atoms with Gasteiger partial charge in [-0.15, -0.1) is 0 Å². The predicted octanol–water partition coefficient (Wildman–Crippen LogP) is 2.44. The first-order valence-electron chi connectivity index (χ1n) is 7.66. The van der Waals surface area contributed by atoms with Crippen LogP contribution in [0.15, 0.2) is 24.3 Å². The van der Waals surface area contributed by atoms with Crippen LogP contribution in [-0.4, -0.2) is 30.4 Å². The van der Waals surface area contributed by atoms with Gasteiger partial charge in [0.25, 0.3) is 0 Å². The summed E-state index contributed by atoms with van der Waals surface area (Å²) in [6.07, 6.45) is 1.43. The van der Waals surface area contributed by atoms with E-state index in [4.69, 9.17) is 4.74 Å². The van der Waals surface area contributed by atoms with Gasteiger partial charge in [-0.25, -0.2) is 4.39 Å². The molecule has 1 heterocycles. The number of rotatable bonds is 4. The summed E-state index contributed by atoms with van der Waals surface area (Å²) >= 11 is 0. The normalized spacial score (nSPS) is 33.1. The third-order valence-corrected chi connectivity index (χ3v) is 5.23. The van der Waals surface area contributed by atoms with Gasteiger partial charge in [0.05, 0.1) is 11.7 Å². The van der Waals surface area contributed by atoms with E-state index < -0.39 is 5.60 Å². The predicted molar refractivity (Wildman–Crippen MR) is 79.4 cm³/mol. The lowest BCUT2D eigenvalue weighted by Crippen LogP contribution is -2.66. The Balaban J connectivity index is 1.65. The van der Waals surface area contributed by atoms with Gasteiger partial charge in [0.2, 0.25) is 0 Å². The molecule has 1 aromatic carbocycles. The standard InChI is InChI=1S/C17H24FNO2/c1-16(2)14(13-8-9-21-15(13)16)19-10-17(3,20)11-4-6-12(18)7-5-11/h4-7,13-15,19-20H,8-10H2,1-3H3. The molecule has 1 saturated heterocycles. The number of ether oxygens (including phenoxy) is 1. The average molecular weight is 293 g/mol. The molecule has 116 valence electrons. The first-order valence-corrected chi connectivity index (χ1v) is 7.66. The van der Waals surface area contributed by atoms with Crippen LogP contribution in [0, 0.1) is 17.2 Å². The van der Waals surface area contributed by atoms with Crippen LogP contribution >= 0.6 is 0 Å². The second kappa shape index (κ2) is 5.04. The minimum Gasteiger partial charge on any atom is -0.384 e. The third kappa shape index (κ3) is 2.50. The van der Waals surface area contributed by atoms with Crippen molar-refractivity contribution in [1.29, 1.82) is 0 Å². The summed E-state index contributed by atoms with van der Waals surface area (Å²) in [5, 5.41) is 14.2. The van der Waals surface area contributed by atoms with Crippen molar-refractivity contribution in [2.24, 2.45) is 11.3 Å². The summed E-state index contributed by atoms with van der Waals surface area (Å²) in [6, 6.07) is 6.42. The number of benzene rings is 1. The molecule has 0 radical (unpaired) electrons. The fraction of sp³-hybridized carbons (Fsp3) is 0.647. The van der Waals surface area contributed by atoms with Gasteiger partial charge in [-0.2, -0.15) is 0 Å². The van der Waals surface area contributed by atoms with Gasteiger partial charge in [-0.05, 0) is 31.0 Å². The Bertz CT molecular complexity index is 512. The summed E-state index contributed by atoms with van der Waals surface area (Å²) in [5.74, 6) is 0.262. The molecule has 0 bridgehead atoms. The summed E-state index contributed by atoms with van der Waals surface area (Å²) in [7, 11) is 0. The Hall–Kier alpha value is -0.970. The fourth-order valence-electron chi connectivity index (χ4n) is 3.96. The van der Waals surface area contributed by atoms with Crippen molar-refractivity contribution >= 4 is 0 Å². The highest BCUT2D eigenvalue weighted by Gasteiger charge is 2.59. The first kappa shape index (κ1) is 14.9. The molecule has 1 saturated carbocycles. The largest absolute Gasteiger partial charge is 0.384 e. The van der Waals surface area contributed by atoms with Gasteiger partial charge < -0.3 is 15.2 Å². The minimum absolute atomic E-state index is 0.0973. The topological polar surface area (TPSA) is 41.5 Å². The van der Waals surface area contributed by atoms with E-state index in [2.05, 4.69) is 19.2 Å². The van der Waals surface area contributed by atoms with Gasteiger partial charge >= 0.3 is 0 Å². The molecule has 1 aromatic rings. The van der Waals surface area contributed by atoms with Gasteiger partial charge in [0.15, 0.2) is 0 Å². The first-order chi connectivity index (χ1) is 9.82. The maximum Gasteiger partial charge on any atom is 0.123 e. The molecule has 3 rings (SSSR count). The average Bonchev–Trinajstić information content (AvgIpc) is 2.85. The third-order valence-electron chi connectivity index (χ3n) is 5.23. The van der Waals surface area contributed by atoms with Gasteiger partial charge in [0.1, 0.15) is 5.82 Å².